The smallest absolute Gasteiger partial charge is 0.253 e. The summed E-state index contributed by atoms with van der Waals surface area (Å²) < 4.78 is 15.4. The van der Waals surface area contributed by atoms with Crippen molar-refractivity contribution in [1.29, 1.82) is 0 Å². The number of halogens is 1. The SMILES string of the molecule is Cn1cc(CC(=O)N2CCCc3ncc(C(=O)NCc4cccc(F)c4)cc32)c2ccccc21. The number of aryl methyl sites for hydroxylation is 2. The van der Waals surface area contributed by atoms with Crippen LogP contribution in [0.1, 0.15) is 33.6 Å². The monoisotopic (exact) mass is 456 g/mol. The van der Waals surface area contributed by atoms with Crippen LogP contribution in [0, 0.1) is 5.82 Å². The van der Waals surface area contributed by atoms with E-state index in [1.54, 1.807) is 29.3 Å². The third-order valence-electron chi connectivity index (χ3n) is 6.26. The first-order valence-electron chi connectivity index (χ1n) is 11.3. The Labute approximate surface area is 197 Å². The molecule has 0 radical (unpaired) electrons. The molecule has 0 atom stereocenters. The average molecular weight is 457 g/mol. The normalized spacial score (nSPS) is 13.1. The van der Waals surface area contributed by atoms with Crippen LogP contribution in [0.25, 0.3) is 10.9 Å². The molecule has 7 heteroatoms. The van der Waals surface area contributed by atoms with E-state index in [-0.39, 0.29) is 30.6 Å². The molecule has 0 bridgehead atoms. The van der Waals surface area contributed by atoms with Crippen LogP contribution >= 0.6 is 0 Å². The van der Waals surface area contributed by atoms with Crippen molar-refractivity contribution >= 4 is 28.4 Å². The van der Waals surface area contributed by atoms with Crippen molar-refractivity contribution in [2.24, 2.45) is 7.05 Å². The number of para-hydroxylation sites is 1. The first-order chi connectivity index (χ1) is 16.5. The number of anilines is 1. The highest BCUT2D eigenvalue weighted by Crippen LogP contribution is 2.28. The summed E-state index contributed by atoms with van der Waals surface area (Å²) >= 11 is 0. The van der Waals surface area contributed by atoms with Crippen LogP contribution < -0.4 is 10.2 Å². The molecule has 1 N–H and O–H groups in total. The van der Waals surface area contributed by atoms with E-state index in [0.29, 0.717) is 23.4 Å². The summed E-state index contributed by atoms with van der Waals surface area (Å²) in [5.74, 6) is -0.675. The Morgan fingerprint density at radius 2 is 1.97 bits per heavy atom. The first-order valence-corrected chi connectivity index (χ1v) is 11.3. The Balaban J connectivity index is 1.35. The molecule has 5 rings (SSSR count). The van der Waals surface area contributed by atoms with Crippen LogP contribution in [0.3, 0.4) is 0 Å². The summed E-state index contributed by atoms with van der Waals surface area (Å²) in [6.07, 6.45) is 5.40. The van der Waals surface area contributed by atoms with E-state index in [4.69, 9.17) is 0 Å². The number of amides is 2. The third kappa shape index (κ3) is 4.29. The lowest BCUT2D eigenvalue weighted by Crippen LogP contribution is -2.37. The topological polar surface area (TPSA) is 67.2 Å². The van der Waals surface area contributed by atoms with Gasteiger partial charge in [0.15, 0.2) is 0 Å². The van der Waals surface area contributed by atoms with Gasteiger partial charge in [0, 0.05) is 43.4 Å². The number of carbonyl (C=O) groups is 2. The van der Waals surface area contributed by atoms with Crippen LogP contribution in [-0.2, 0) is 31.2 Å². The van der Waals surface area contributed by atoms with Gasteiger partial charge in [-0.3, -0.25) is 14.6 Å². The number of fused-ring (bicyclic) bond motifs is 2. The number of benzene rings is 2. The first kappa shape index (κ1) is 21.8. The summed E-state index contributed by atoms with van der Waals surface area (Å²) in [6.45, 7) is 0.796. The van der Waals surface area contributed by atoms with Crippen molar-refractivity contribution in [3.63, 3.8) is 0 Å². The zero-order valence-corrected chi connectivity index (χ0v) is 18.9. The van der Waals surface area contributed by atoms with Gasteiger partial charge in [-0.1, -0.05) is 30.3 Å². The fourth-order valence-electron chi connectivity index (χ4n) is 4.57. The molecule has 1 aliphatic heterocycles. The van der Waals surface area contributed by atoms with Gasteiger partial charge in [0.2, 0.25) is 5.91 Å². The van der Waals surface area contributed by atoms with Crippen LogP contribution in [0.2, 0.25) is 0 Å². The lowest BCUT2D eigenvalue weighted by molar-refractivity contribution is -0.118. The van der Waals surface area contributed by atoms with Gasteiger partial charge in [-0.2, -0.15) is 0 Å². The highest BCUT2D eigenvalue weighted by Gasteiger charge is 2.25. The van der Waals surface area contributed by atoms with Gasteiger partial charge in [-0.15, -0.1) is 0 Å². The number of hydrogen-bond donors (Lipinski definition) is 1. The van der Waals surface area contributed by atoms with Crippen molar-refractivity contribution in [2.45, 2.75) is 25.8 Å². The molecule has 1 aliphatic rings. The standard InChI is InChI=1S/C27H25FN4O2/c1-31-17-20(22-8-2-3-10-24(22)31)14-26(33)32-11-5-9-23-25(32)13-19(16-29-23)27(34)30-15-18-6-4-7-21(28)12-18/h2-4,6-8,10,12-13,16-17H,5,9,11,14-15H2,1H3,(H,30,34). The summed E-state index contributed by atoms with van der Waals surface area (Å²) in [5.41, 5.74) is 4.62. The summed E-state index contributed by atoms with van der Waals surface area (Å²) in [5, 5.41) is 3.87. The fraction of sp³-hybridized carbons (Fsp3) is 0.222. The average Bonchev–Trinajstić information content (AvgIpc) is 3.17. The van der Waals surface area contributed by atoms with Crippen molar-refractivity contribution in [1.82, 2.24) is 14.9 Å². The zero-order chi connectivity index (χ0) is 23.7. The van der Waals surface area contributed by atoms with Gasteiger partial charge >= 0.3 is 0 Å². The summed E-state index contributed by atoms with van der Waals surface area (Å²) in [6, 6.07) is 15.9. The van der Waals surface area contributed by atoms with Crippen molar-refractivity contribution < 1.29 is 14.0 Å². The Bertz CT molecular complexity index is 1390. The van der Waals surface area contributed by atoms with E-state index in [2.05, 4.69) is 10.3 Å². The maximum absolute atomic E-state index is 13.4. The Hall–Kier alpha value is -4.00. The van der Waals surface area contributed by atoms with Crippen LogP contribution in [-0.4, -0.2) is 27.9 Å². The van der Waals surface area contributed by atoms with E-state index < -0.39 is 0 Å². The van der Waals surface area contributed by atoms with Crippen molar-refractivity contribution in [3.05, 3.63) is 95.2 Å². The number of rotatable bonds is 5. The van der Waals surface area contributed by atoms with E-state index in [9.17, 15) is 14.0 Å². The Kier molecular flexibility index (Phi) is 5.84. The van der Waals surface area contributed by atoms with E-state index in [1.807, 2.05) is 42.1 Å². The van der Waals surface area contributed by atoms with Gasteiger partial charge in [0.25, 0.3) is 5.91 Å². The molecule has 172 valence electrons. The second kappa shape index (κ2) is 9.09. The molecule has 2 aromatic carbocycles. The minimum absolute atomic E-state index is 0.0172. The number of pyridine rings is 1. The Morgan fingerprint density at radius 3 is 2.82 bits per heavy atom. The molecule has 2 aromatic heterocycles. The highest BCUT2D eigenvalue weighted by atomic mass is 19.1. The lowest BCUT2D eigenvalue weighted by Gasteiger charge is -2.29. The van der Waals surface area contributed by atoms with Crippen LogP contribution in [0.5, 0.6) is 0 Å². The van der Waals surface area contributed by atoms with Gasteiger partial charge in [-0.25, -0.2) is 4.39 Å². The number of carbonyl (C=O) groups excluding carboxylic acids is 2. The summed E-state index contributed by atoms with van der Waals surface area (Å²) in [7, 11) is 1.98. The molecule has 4 aromatic rings. The zero-order valence-electron chi connectivity index (χ0n) is 18.9. The van der Waals surface area contributed by atoms with Crippen LogP contribution in [0.15, 0.2) is 67.0 Å². The predicted molar refractivity (Wildman–Crippen MR) is 129 cm³/mol. The molecule has 6 nitrogen and oxygen atoms in total. The quantitative estimate of drug-likeness (QED) is 0.490. The molecule has 2 amide bonds. The van der Waals surface area contributed by atoms with Gasteiger partial charge < -0.3 is 14.8 Å². The molecular formula is C27H25FN4O2. The maximum Gasteiger partial charge on any atom is 0.253 e. The van der Waals surface area contributed by atoms with Crippen LogP contribution in [0.4, 0.5) is 10.1 Å². The number of aromatic nitrogens is 2. The molecule has 3 heterocycles. The molecule has 0 fully saturated rings. The van der Waals surface area contributed by atoms with E-state index in [0.717, 1.165) is 35.0 Å². The lowest BCUT2D eigenvalue weighted by atomic mass is 10.0. The number of hydrogen-bond acceptors (Lipinski definition) is 3. The molecule has 0 saturated carbocycles. The third-order valence-corrected chi connectivity index (χ3v) is 6.26. The van der Waals surface area contributed by atoms with E-state index >= 15 is 0 Å². The molecule has 0 saturated heterocycles. The van der Waals surface area contributed by atoms with Crippen molar-refractivity contribution in [2.75, 3.05) is 11.4 Å². The molecule has 0 unspecified atom stereocenters. The fourth-order valence-corrected chi connectivity index (χ4v) is 4.57. The van der Waals surface area contributed by atoms with E-state index in [1.165, 1.54) is 12.1 Å². The highest BCUT2D eigenvalue weighted by molar-refractivity contribution is 6.00. The molecule has 0 spiro atoms. The number of nitrogens with one attached hydrogen (secondary N) is 1. The van der Waals surface area contributed by atoms with Gasteiger partial charge in [-0.05, 0) is 48.2 Å². The predicted octanol–water partition coefficient (Wildman–Crippen LogP) is 4.16. The Morgan fingerprint density at radius 1 is 1.12 bits per heavy atom. The second-order valence-electron chi connectivity index (χ2n) is 8.61. The molecular weight excluding hydrogens is 431 g/mol. The minimum Gasteiger partial charge on any atom is -0.350 e. The summed E-state index contributed by atoms with van der Waals surface area (Å²) in [4.78, 5) is 32.3. The second-order valence-corrected chi connectivity index (χ2v) is 8.61. The van der Waals surface area contributed by atoms with Gasteiger partial charge in [0.05, 0.1) is 23.4 Å². The van der Waals surface area contributed by atoms with Gasteiger partial charge in [0.1, 0.15) is 5.82 Å². The number of nitrogens with zero attached hydrogens (tertiary/aromatic N) is 3. The molecule has 0 aliphatic carbocycles. The largest absolute Gasteiger partial charge is 0.350 e. The maximum atomic E-state index is 13.4. The minimum atomic E-state index is -0.345. The van der Waals surface area contributed by atoms with Crippen molar-refractivity contribution in [3.8, 4) is 0 Å². The molecule has 34 heavy (non-hydrogen) atoms.